The van der Waals surface area contributed by atoms with Gasteiger partial charge < -0.3 is 10.1 Å². The van der Waals surface area contributed by atoms with Gasteiger partial charge in [-0.2, -0.15) is 0 Å². The summed E-state index contributed by atoms with van der Waals surface area (Å²) in [6.45, 7) is 2.97. The minimum Gasteiger partial charge on any atom is -0.495 e. The lowest BCUT2D eigenvalue weighted by Gasteiger charge is -2.20. The highest BCUT2D eigenvalue weighted by Crippen LogP contribution is 2.30. The molecule has 0 saturated heterocycles. The molecule has 1 N–H and O–H groups in total. The molecule has 2 aromatic carbocycles. The summed E-state index contributed by atoms with van der Waals surface area (Å²) in [5.41, 5.74) is 2.03. The van der Waals surface area contributed by atoms with Crippen LogP contribution in [0.5, 0.6) is 5.75 Å². The van der Waals surface area contributed by atoms with Crippen LogP contribution < -0.4 is 10.1 Å². The van der Waals surface area contributed by atoms with E-state index in [0.717, 1.165) is 24.1 Å². The van der Waals surface area contributed by atoms with Gasteiger partial charge in [0.2, 0.25) is 0 Å². The molecule has 21 heavy (non-hydrogen) atoms. The molecule has 0 fully saturated rings. The van der Waals surface area contributed by atoms with Crippen molar-refractivity contribution in [2.75, 3.05) is 13.7 Å². The number of hydrogen-bond donors (Lipinski definition) is 1. The molecule has 1 unspecified atom stereocenters. The standard InChI is InChI=1S/C17H19ClFNO/c1-3-10-20-17(12-4-7-14(19)8-5-12)13-6-9-16(21-2)15(18)11-13/h4-9,11,17,20H,3,10H2,1-2H3. The van der Waals surface area contributed by atoms with E-state index in [1.807, 2.05) is 18.2 Å². The third-order valence-corrected chi connectivity index (χ3v) is 3.61. The highest BCUT2D eigenvalue weighted by molar-refractivity contribution is 6.32. The fourth-order valence-corrected chi connectivity index (χ4v) is 2.50. The topological polar surface area (TPSA) is 21.3 Å². The summed E-state index contributed by atoms with van der Waals surface area (Å²) >= 11 is 6.21. The van der Waals surface area contributed by atoms with E-state index in [4.69, 9.17) is 16.3 Å². The Bertz CT molecular complexity index is 586. The molecule has 2 aromatic rings. The zero-order valence-electron chi connectivity index (χ0n) is 12.2. The Morgan fingerprint density at radius 2 is 1.81 bits per heavy atom. The van der Waals surface area contributed by atoms with E-state index >= 15 is 0 Å². The molecule has 0 bridgehead atoms. The van der Waals surface area contributed by atoms with Crippen molar-refractivity contribution in [3.05, 3.63) is 64.4 Å². The fourth-order valence-electron chi connectivity index (χ4n) is 2.23. The Morgan fingerprint density at radius 1 is 1.14 bits per heavy atom. The first-order valence-electron chi connectivity index (χ1n) is 6.98. The minimum atomic E-state index is -0.235. The smallest absolute Gasteiger partial charge is 0.137 e. The van der Waals surface area contributed by atoms with Crippen molar-refractivity contribution in [2.45, 2.75) is 19.4 Å². The van der Waals surface area contributed by atoms with Crippen LogP contribution in [0, 0.1) is 5.82 Å². The first-order chi connectivity index (χ1) is 10.2. The summed E-state index contributed by atoms with van der Waals surface area (Å²) in [5, 5.41) is 4.03. The average molecular weight is 308 g/mol. The summed E-state index contributed by atoms with van der Waals surface area (Å²) in [6.07, 6.45) is 1.02. The third kappa shape index (κ3) is 3.96. The molecule has 4 heteroatoms. The molecule has 0 aliphatic carbocycles. The van der Waals surface area contributed by atoms with Crippen molar-refractivity contribution >= 4 is 11.6 Å². The van der Waals surface area contributed by atoms with E-state index in [1.165, 1.54) is 12.1 Å². The van der Waals surface area contributed by atoms with Gasteiger partial charge in [0.05, 0.1) is 18.2 Å². The maximum atomic E-state index is 13.1. The van der Waals surface area contributed by atoms with Gasteiger partial charge in [-0.25, -0.2) is 4.39 Å². The maximum absolute atomic E-state index is 13.1. The third-order valence-electron chi connectivity index (χ3n) is 3.31. The number of rotatable bonds is 6. The van der Waals surface area contributed by atoms with Crippen molar-refractivity contribution in [3.63, 3.8) is 0 Å². The van der Waals surface area contributed by atoms with Crippen molar-refractivity contribution < 1.29 is 9.13 Å². The van der Waals surface area contributed by atoms with Crippen LogP contribution in [-0.2, 0) is 0 Å². The van der Waals surface area contributed by atoms with Crippen molar-refractivity contribution in [3.8, 4) is 5.75 Å². The zero-order valence-corrected chi connectivity index (χ0v) is 13.0. The largest absolute Gasteiger partial charge is 0.495 e. The molecule has 0 spiro atoms. The van der Waals surface area contributed by atoms with Crippen LogP contribution in [-0.4, -0.2) is 13.7 Å². The Hall–Kier alpha value is -1.58. The van der Waals surface area contributed by atoms with Crippen LogP contribution in [0.3, 0.4) is 0 Å². The van der Waals surface area contributed by atoms with Gasteiger partial charge >= 0.3 is 0 Å². The summed E-state index contributed by atoms with van der Waals surface area (Å²) < 4.78 is 18.3. The van der Waals surface area contributed by atoms with Gasteiger partial charge in [0.25, 0.3) is 0 Å². The number of hydrogen-bond acceptors (Lipinski definition) is 2. The monoisotopic (exact) mass is 307 g/mol. The lowest BCUT2D eigenvalue weighted by molar-refractivity contribution is 0.414. The zero-order chi connectivity index (χ0) is 15.2. The predicted octanol–water partition coefficient (Wildman–Crippen LogP) is 4.58. The van der Waals surface area contributed by atoms with E-state index < -0.39 is 0 Å². The highest BCUT2D eigenvalue weighted by Gasteiger charge is 2.15. The molecule has 0 aliphatic heterocycles. The summed E-state index contributed by atoms with van der Waals surface area (Å²) in [4.78, 5) is 0. The van der Waals surface area contributed by atoms with E-state index in [9.17, 15) is 4.39 Å². The molecular weight excluding hydrogens is 289 g/mol. The van der Waals surface area contributed by atoms with Gasteiger partial charge in [-0.3, -0.25) is 0 Å². The van der Waals surface area contributed by atoms with E-state index in [1.54, 1.807) is 19.2 Å². The molecule has 2 nitrogen and oxygen atoms in total. The second-order valence-electron chi connectivity index (χ2n) is 4.83. The second kappa shape index (κ2) is 7.43. The van der Waals surface area contributed by atoms with Gasteiger partial charge in [-0.15, -0.1) is 0 Å². The Balaban J connectivity index is 2.35. The average Bonchev–Trinajstić information content (AvgIpc) is 2.49. The number of halogens is 2. The molecule has 0 heterocycles. The molecule has 0 saturated carbocycles. The normalized spacial score (nSPS) is 12.2. The lowest BCUT2D eigenvalue weighted by Crippen LogP contribution is -2.23. The molecule has 0 aliphatic rings. The summed E-state index contributed by atoms with van der Waals surface area (Å²) in [7, 11) is 1.59. The van der Waals surface area contributed by atoms with Crippen LogP contribution >= 0.6 is 11.6 Å². The van der Waals surface area contributed by atoms with Crippen molar-refractivity contribution in [1.29, 1.82) is 0 Å². The van der Waals surface area contributed by atoms with Gasteiger partial charge in [-0.1, -0.05) is 36.7 Å². The molecular formula is C17H19ClFNO. The Kier molecular flexibility index (Phi) is 5.59. The molecule has 2 rings (SSSR count). The van der Waals surface area contributed by atoms with Gasteiger partial charge in [0.15, 0.2) is 0 Å². The number of nitrogens with one attached hydrogen (secondary N) is 1. The van der Waals surface area contributed by atoms with Gasteiger partial charge in [-0.05, 0) is 48.4 Å². The van der Waals surface area contributed by atoms with Crippen LogP contribution in [0.4, 0.5) is 4.39 Å². The van der Waals surface area contributed by atoms with Crippen LogP contribution in [0.2, 0.25) is 5.02 Å². The van der Waals surface area contributed by atoms with Crippen LogP contribution in [0.15, 0.2) is 42.5 Å². The molecule has 1 atom stereocenters. The first kappa shape index (κ1) is 15.8. The van der Waals surface area contributed by atoms with Crippen LogP contribution in [0.25, 0.3) is 0 Å². The van der Waals surface area contributed by atoms with E-state index in [2.05, 4.69) is 12.2 Å². The van der Waals surface area contributed by atoms with Crippen molar-refractivity contribution in [2.24, 2.45) is 0 Å². The molecule has 112 valence electrons. The van der Waals surface area contributed by atoms with Crippen molar-refractivity contribution in [1.82, 2.24) is 5.32 Å². The Morgan fingerprint density at radius 3 is 2.38 bits per heavy atom. The minimum absolute atomic E-state index is 0.0195. The quantitative estimate of drug-likeness (QED) is 0.843. The fraction of sp³-hybridized carbons (Fsp3) is 0.294. The SMILES string of the molecule is CCCNC(c1ccc(F)cc1)c1ccc(OC)c(Cl)c1. The molecule has 0 amide bonds. The van der Waals surface area contributed by atoms with E-state index in [-0.39, 0.29) is 11.9 Å². The summed E-state index contributed by atoms with van der Waals surface area (Å²) in [5.74, 6) is 0.412. The number of methoxy groups -OCH3 is 1. The van der Waals surface area contributed by atoms with Crippen LogP contribution in [0.1, 0.15) is 30.5 Å². The molecule has 0 radical (unpaired) electrons. The van der Waals surface area contributed by atoms with Gasteiger partial charge in [0.1, 0.15) is 11.6 Å². The Labute approximate surface area is 129 Å². The lowest BCUT2D eigenvalue weighted by atomic mass is 9.98. The van der Waals surface area contributed by atoms with Gasteiger partial charge in [0, 0.05) is 0 Å². The highest BCUT2D eigenvalue weighted by atomic mass is 35.5. The first-order valence-corrected chi connectivity index (χ1v) is 7.35. The number of benzene rings is 2. The molecule has 0 aromatic heterocycles. The summed E-state index contributed by atoms with van der Waals surface area (Å²) in [6, 6.07) is 12.2. The number of ether oxygens (including phenoxy) is 1. The predicted molar refractivity (Wildman–Crippen MR) is 84.5 cm³/mol. The maximum Gasteiger partial charge on any atom is 0.137 e. The second-order valence-corrected chi connectivity index (χ2v) is 5.24. The van der Waals surface area contributed by atoms with E-state index in [0.29, 0.717) is 10.8 Å².